The van der Waals surface area contributed by atoms with Crippen molar-refractivity contribution in [3.8, 4) is 5.75 Å². The van der Waals surface area contributed by atoms with E-state index in [-0.39, 0.29) is 12.0 Å². The molecule has 0 aliphatic heterocycles. The van der Waals surface area contributed by atoms with E-state index in [1.807, 2.05) is 46.0 Å². The molecule has 2 atom stereocenters. The summed E-state index contributed by atoms with van der Waals surface area (Å²) in [5.74, 6) is 0.456. The molecular weight excluding hydrogens is 360 g/mol. The van der Waals surface area contributed by atoms with Gasteiger partial charge in [0.05, 0.1) is 6.04 Å². The Morgan fingerprint density at radius 2 is 1.71 bits per heavy atom. The van der Waals surface area contributed by atoms with Crippen molar-refractivity contribution in [1.82, 2.24) is 10.6 Å². The summed E-state index contributed by atoms with van der Waals surface area (Å²) in [7, 11) is 1.90. The van der Waals surface area contributed by atoms with Crippen molar-refractivity contribution in [3.05, 3.63) is 29.3 Å². The number of carbonyl (C=O) groups is 2. The van der Waals surface area contributed by atoms with Gasteiger partial charge in [-0.2, -0.15) is 0 Å². The summed E-state index contributed by atoms with van der Waals surface area (Å²) in [6, 6.07) is 5.67. The molecule has 0 saturated carbocycles. The van der Waals surface area contributed by atoms with Crippen LogP contribution in [0.2, 0.25) is 0 Å². The number of hydrogen-bond acceptors (Lipinski definition) is 6. The fraction of sp³-hybridized carbons (Fsp3) is 0.619. The van der Waals surface area contributed by atoms with Crippen LogP contribution < -0.4 is 15.4 Å². The van der Waals surface area contributed by atoms with E-state index in [0.717, 1.165) is 42.7 Å². The molecule has 158 valence electrons. The molecule has 0 saturated heterocycles. The molecule has 7 heteroatoms. The van der Waals surface area contributed by atoms with E-state index in [0.29, 0.717) is 13.0 Å². The molecule has 1 aromatic rings. The largest absolute Gasteiger partial charge is 0.491 e. The van der Waals surface area contributed by atoms with Crippen LogP contribution in [0.25, 0.3) is 0 Å². The summed E-state index contributed by atoms with van der Waals surface area (Å²) < 4.78 is 16.0. The first-order valence-electron chi connectivity index (χ1n) is 9.83. The van der Waals surface area contributed by atoms with Gasteiger partial charge in [0.25, 0.3) is 0 Å². The summed E-state index contributed by atoms with van der Waals surface area (Å²) >= 11 is 0. The van der Waals surface area contributed by atoms with Gasteiger partial charge in [-0.05, 0) is 58.3 Å². The molecule has 1 aromatic carbocycles. The molecule has 28 heavy (non-hydrogen) atoms. The SMILES string of the molecule is CNCCCCCC(=O)OC(C)OC(=O)NC(C)COc1c(C)cccc1C. The van der Waals surface area contributed by atoms with Crippen LogP contribution in [-0.2, 0) is 14.3 Å². The van der Waals surface area contributed by atoms with Crippen LogP contribution in [0.5, 0.6) is 5.75 Å². The Bertz CT molecular complexity index is 601. The number of unbranched alkanes of at least 4 members (excludes halogenated alkanes) is 2. The highest BCUT2D eigenvalue weighted by molar-refractivity contribution is 5.70. The molecular formula is C21H34N2O5. The van der Waals surface area contributed by atoms with Crippen molar-refractivity contribution < 1.29 is 23.8 Å². The van der Waals surface area contributed by atoms with Crippen molar-refractivity contribution in [2.75, 3.05) is 20.2 Å². The Labute approximate surface area is 168 Å². The summed E-state index contributed by atoms with van der Waals surface area (Å²) in [5, 5.41) is 5.73. The minimum Gasteiger partial charge on any atom is -0.491 e. The summed E-state index contributed by atoms with van der Waals surface area (Å²) in [6.45, 7) is 8.53. The first kappa shape index (κ1) is 23.8. The van der Waals surface area contributed by atoms with E-state index in [9.17, 15) is 9.59 Å². The van der Waals surface area contributed by atoms with E-state index < -0.39 is 12.4 Å². The zero-order valence-corrected chi connectivity index (χ0v) is 17.7. The number of hydrogen-bond donors (Lipinski definition) is 2. The van der Waals surface area contributed by atoms with Gasteiger partial charge in [0, 0.05) is 13.3 Å². The summed E-state index contributed by atoms with van der Waals surface area (Å²) in [4.78, 5) is 23.7. The van der Waals surface area contributed by atoms with Crippen molar-refractivity contribution in [2.24, 2.45) is 0 Å². The second-order valence-corrected chi connectivity index (χ2v) is 6.95. The number of para-hydroxylation sites is 1. The zero-order chi connectivity index (χ0) is 20.9. The highest BCUT2D eigenvalue weighted by Crippen LogP contribution is 2.22. The maximum absolute atomic E-state index is 11.9. The predicted molar refractivity (Wildman–Crippen MR) is 108 cm³/mol. The third kappa shape index (κ3) is 9.60. The van der Waals surface area contributed by atoms with Crippen LogP contribution in [0, 0.1) is 13.8 Å². The highest BCUT2D eigenvalue weighted by Gasteiger charge is 2.16. The number of benzene rings is 1. The van der Waals surface area contributed by atoms with Gasteiger partial charge in [0.1, 0.15) is 12.4 Å². The van der Waals surface area contributed by atoms with E-state index in [1.54, 1.807) is 0 Å². The van der Waals surface area contributed by atoms with Crippen molar-refractivity contribution in [1.29, 1.82) is 0 Å². The van der Waals surface area contributed by atoms with Crippen LogP contribution in [-0.4, -0.2) is 44.6 Å². The van der Waals surface area contributed by atoms with Crippen molar-refractivity contribution >= 4 is 12.1 Å². The number of amides is 1. The Kier molecular flexibility index (Phi) is 11.0. The predicted octanol–water partition coefficient (Wildman–Crippen LogP) is 3.47. The van der Waals surface area contributed by atoms with E-state index in [1.165, 1.54) is 6.92 Å². The van der Waals surface area contributed by atoms with Gasteiger partial charge < -0.3 is 24.8 Å². The van der Waals surface area contributed by atoms with Gasteiger partial charge >= 0.3 is 12.1 Å². The van der Waals surface area contributed by atoms with Gasteiger partial charge in [0.15, 0.2) is 0 Å². The lowest BCUT2D eigenvalue weighted by Crippen LogP contribution is -2.39. The Balaban J connectivity index is 2.26. The maximum Gasteiger partial charge on any atom is 0.410 e. The van der Waals surface area contributed by atoms with Gasteiger partial charge in [-0.3, -0.25) is 4.79 Å². The third-order valence-electron chi connectivity index (χ3n) is 4.13. The molecule has 0 aliphatic rings. The lowest BCUT2D eigenvalue weighted by atomic mass is 10.1. The van der Waals surface area contributed by atoms with Gasteiger partial charge in [-0.1, -0.05) is 24.6 Å². The second-order valence-electron chi connectivity index (χ2n) is 6.95. The van der Waals surface area contributed by atoms with Crippen molar-refractivity contribution in [2.45, 2.75) is 65.7 Å². The van der Waals surface area contributed by atoms with Gasteiger partial charge in [0.2, 0.25) is 6.29 Å². The molecule has 1 amide bonds. The number of rotatable bonds is 12. The second kappa shape index (κ2) is 13.0. The lowest BCUT2D eigenvalue weighted by Gasteiger charge is -2.19. The fourth-order valence-corrected chi connectivity index (χ4v) is 2.68. The Morgan fingerprint density at radius 3 is 2.36 bits per heavy atom. The third-order valence-corrected chi connectivity index (χ3v) is 4.13. The number of alkyl carbamates (subject to hydrolysis) is 1. The van der Waals surface area contributed by atoms with Crippen LogP contribution >= 0.6 is 0 Å². The van der Waals surface area contributed by atoms with Gasteiger partial charge in [-0.15, -0.1) is 0 Å². The molecule has 0 aliphatic carbocycles. The molecule has 2 unspecified atom stereocenters. The first-order chi connectivity index (χ1) is 13.3. The average molecular weight is 395 g/mol. The molecule has 2 N–H and O–H groups in total. The molecule has 1 rings (SSSR count). The topological polar surface area (TPSA) is 85.9 Å². The normalized spacial score (nSPS) is 12.8. The molecule has 0 bridgehead atoms. The molecule has 7 nitrogen and oxygen atoms in total. The van der Waals surface area contributed by atoms with Crippen LogP contribution in [0.3, 0.4) is 0 Å². The monoisotopic (exact) mass is 394 g/mol. The first-order valence-corrected chi connectivity index (χ1v) is 9.83. The Hall–Kier alpha value is -2.28. The van der Waals surface area contributed by atoms with E-state index in [4.69, 9.17) is 14.2 Å². The van der Waals surface area contributed by atoms with Crippen LogP contribution in [0.4, 0.5) is 4.79 Å². The number of ether oxygens (including phenoxy) is 3. The van der Waals surface area contributed by atoms with Gasteiger partial charge in [-0.25, -0.2) is 4.79 Å². The van der Waals surface area contributed by atoms with Crippen molar-refractivity contribution in [3.63, 3.8) is 0 Å². The molecule has 0 aromatic heterocycles. The van der Waals surface area contributed by atoms with E-state index in [2.05, 4.69) is 10.6 Å². The average Bonchev–Trinajstić information content (AvgIpc) is 2.60. The molecule has 0 fully saturated rings. The van der Waals surface area contributed by atoms with Crippen LogP contribution in [0.15, 0.2) is 18.2 Å². The zero-order valence-electron chi connectivity index (χ0n) is 17.7. The number of esters is 1. The smallest absolute Gasteiger partial charge is 0.410 e. The molecule has 0 radical (unpaired) electrons. The number of aryl methyl sites for hydroxylation is 2. The number of nitrogens with one attached hydrogen (secondary N) is 2. The highest BCUT2D eigenvalue weighted by atomic mass is 16.7. The Morgan fingerprint density at radius 1 is 1.04 bits per heavy atom. The van der Waals surface area contributed by atoms with Crippen LogP contribution in [0.1, 0.15) is 50.7 Å². The standard InChI is InChI=1S/C21H34N2O5/c1-15-10-9-11-16(2)20(15)26-14-17(3)23-21(25)28-18(4)27-19(24)12-7-6-8-13-22-5/h9-11,17-18,22H,6-8,12-14H2,1-5H3,(H,23,25). The maximum atomic E-state index is 11.9. The molecule has 0 spiro atoms. The van der Waals surface area contributed by atoms with E-state index >= 15 is 0 Å². The summed E-state index contributed by atoms with van der Waals surface area (Å²) in [6.07, 6.45) is 1.46. The lowest BCUT2D eigenvalue weighted by molar-refractivity contribution is -0.165. The fourth-order valence-electron chi connectivity index (χ4n) is 2.68. The molecule has 0 heterocycles. The minimum absolute atomic E-state index is 0.262. The minimum atomic E-state index is -0.934. The quantitative estimate of drug-likeness (QED) is 0.321. The summed E-state index contributed by atoms with van der Waals surface area (Å²) in [5.41, 5.74) is 2.09. The number of carbonyl (C=O) groups excluding carboxylic acids is 2.